The summed E-state index contributed by atoms with van der Waals surface area (Å²) in [6.45, 7) is 13.3. The molecule has 0 amide bonds. The number of nitrogens with zero attached hydrogens (tertiary/aromatic N) is 2. The van der Waals surface area contributed by atoms with Gasteiger partial charge in [-0.05, 0) is 47.1 Å². The Kier molecular flexibility index (Phi) is 11.4. The molecular formula is C16H35IN4O. The molecule has 132 valence electrons. The van der Waals surface area contributed by atoms with E-state index >= 15 is 0 Å². The van der Waals surface area contributed by atoms with Crippen molar-refractivity contribution < 1.29 is 4.74 Å². The lowest BCUT2D eigenvalue weighted by atomic mass is 10.0. The number of hydrogen-bond acceptors (Lipinski definition) is 3. The van der Waals surface area contributed by atoms with Gasteiger partial charge in [0.05, 0.1) is 12.1 Å². The molecule has 1 aliphatic heterocycles. The van der Waals surface area contributed by atoms with E-state index in [4.69, 9.17) is 4.74 Å². The predicted octanol–water partition coefficient (Wildman–Crippen LogP) is 2.46. The second kappa shape index (κ2) is 11.5. The molecule has 1 atom stereocenters. The van der Waals surface area contributed by atoms with Crippen molar-refractivity contribution in [3.05, 3.63) is 0 Å². The summed E-state index contributed by atoms with van der Waals surface area (Å²) >= 11 is 0. The molecule has 1 aliphatic rings. The maximum absolute atomic E-state index is 5.41. The van der Waals surface area contributed by atoms with Gasteiger partial charge >= 0.3 is 0 Å². The van der Waals surface area contributed by atoms with Crippen molar-refractivity contribution in [1.82, 2.24) is 15.5 Å². The molecule has 0 radical (unpaired) electrons. The molecule has 22 heavy (non-hydrogen) atoms. The average molecular weight is 426 g/mol. The van der Waals surface area contributed by atoms with Crippen LogP contribution < -0.4 is 10.6 Å². The molecule has 5 nitrogen and oxygen atoms in total. The number of guanidine groups is 1. The fourth-order valence-electron chi connectivity index (χ4n) is 2.48. The summed E-state index contributed by atoms with van der Waals surface area (Å²) in [5.41, 5.74) is -0.219. The molecule has 0 aromatic carbocycles. The van der Waals surface area contributed by atoms with Gasteiger partial charge in [0, 0.05) is 32.8 Å². The van der Waals surface area contributed by atoms with Gasteiger partial charge in [-0.2, -0.15) is 0 Å². The first-order valence-electron chi connectivity index (χ1n) is 8.30. The Morgan fingerprint density at radius 2 is 2.05 bits per heavy atom. The Morgan fingerprint density at radius 3 is 2.64 bits per heavy atom. The van der Waals surface area contributed by atoms with Crippen LogP contribution in [0.3, 0.4) is 0 Å². The molecule has 6 heteroatoms. The highest BCUT2D eigenvalue weighted by Crippen LogP contribution is 2.15. The first-order chi connectivity index (χ1) is 9.98. The van der Waals surface area contributed by atoms with Gasteiger partial charge in [-0.1, -0.05) is 6.42 Å². The topological polar surface area (TPSA) is 48.9 Å². The summed E-state index contributed by atoms with van der Waals surface area (Å²) in [7, 11) is 1.73. The quantitative estimate of drug-likeness (QED) is 0.373. The number of hydrogen-bond donors (Lipinski definition) is 2. The van der Waals surface area contributed by atoms with Crippen molar-refractivity contribution in [2.45, 2.75) is 58.6 Å². The summed E-state index contributed by atoms with van der Waals surface area (Å²) in [6.07, 6.45) is 4.04. The van der Waals surface area contributed by atoms with Crippen LogP contribution in [0.25, 0.3) is 0 Å². The van der Waals surface area contributed by atoms with Gasteiger partial charge in [0.2, 0.25) is 0 Å². The number of nitrogens with one attached hydrogen (secondary N) is 2. The number of piperidine rings is 1. The average Bonchev–Trinajstić information content (AvgIpc) is 2.47. The summed E-state index contributed by atoms with van der Waals surface area (Å²) in [5.74, 6) is 0.882. The predicted molar refractivity (Wildman–Crippen MR) is 105 cm³/mol. The zero-order valence-corrected chi connectivity index (χ0v) is 17.3. The van der Waals surface area contributed by atoms with Crippen LogP contribution in [0.4, 0.5) is 0 Å². The third-order valence-corrected chi connectivity index (χ3v) is 4.15. The molecule has 0 saturated carbocycles. The van der Waals surface area contributed by atoms with Crippen LogP contribution in [0.2, 0.25) is 0 Å². The molecule has 0 spiro atoms. The van der Waals surface area contributed by atoms with Gasteiger partial charge in [0.1, 0.15) is 0 Å². The van der Waals surface area contributed by atoms with E-state index in [-0.39, 0.29) is 29.6 Å². The van der Waals surface area contributed by atoms with Gasteiger partial charge < -0.3 is 15.4 Å². The van der Waals surface area contributed by atoms with Crippen LogP contribution in [-0.4, -0.2) is 62.3 Å². The maximum Gasteiger partial charge on any atom is 0.191 e. The fraction of sp³-hybridized carbons (Fsp3) is 0.938. The number of methoxy groups -OCH3 is 1. The van der Waals surface area contributed by atoms with Gasteiger partial charge in [-0.15, -0.1) is 24.0 Å². The Hall–Kier alpha value is -0.0800. The largest absolute Gasteiger partial charge is 0.377 e. The molecule has 1 rings (SSSR count). The molecule has 1 saturated heterocycles. The Balaban J connectivity index is 0.00000441. The Morgan fingerprint density at radius 1 is 1.32 bits per heavy atom. The first-order valence-corrected chi connectivity index (χ1v) is 8.30. The Labute approximate surface area is 153 Å². The minimum Gasteiger partial charge on any atom is -0.377 e. The van der Waals surface area contributed by atoms with E-state index in [0.29, 0.717) is 12.6 Å². The molecule has 1 unspecified atom stereocenters. The van der Waals surface area contributed by atoms with E-state index < -0.39 is 0 Å². The third-order valence-electron chi connectivity index (χ3n) is 4.15. The lowest BCUT2D eigenvalue weighted by molar-refractivity contribution is 0.0310. The first kappa shape index (κ1) is 21.9. The third kappa shape index (κ3) is 8.53. The van der Waals surface area contributed by atoms with Crippen molar-refractivity contribution in [3.8, 4) is 0 Å². The highest BCUT2D eigenvalue weighted by molar-refractivity contribution is 14.0. The van der Waals surface area contributed by atoms with E-state index in [2.05, 4.69) is 48.2 Å². The van der Waals surface area contributed by atoms with E-state index in [1.807, 2.05) is 0 Å². The molecule has 0 aliphatic carbocycles. The molecule has 2 N–H and O–H groups in total. The Bertz CT molecular complexity index is 323. The zero-order chi connectivity index (χ0) is 15.7. The molecule has 0 aromatic heterocycles. The lowest BCUT2D eigenvalue weighted by Crippen LogP contribution is -2.45. The smallest absolute Gasteiger partial charge is 0.191 e. The number of halogens is 1. The fourth-order valence-corrected chi connectivity index (χ4v) is 2.48. The number of aliphatic imine (C=N–C) groups is 1. The highest BCUT2D eigenvalue weighted by Gasteiger charge is 2.18. The van der Waals surface area contributed by atoms with Crippen LogP contribution in [-0.2, 0) is 4.74 Å². The van der Waals surface area contributed by atoms with Gasteiger partial charge in [-0.25, -0.2) is 0 Å². The van der Waals surface area contributed by atoms with Crippen LogP contribution in [0.1, 0.15) is 47.0 Å². The number of rotatable bonds is 7. The second-order valence-corrected chi connectivity index (χ2v) is 6.47. The molecule has 0 bridgehead atoms. The standard InChI is InChI=1S/C16H34N4O.HI/c1-6-17-15(19-13-16(3,4)21-5)18-10-12-20-11-8-7-9-14(20)2;/h14H,6-13H2,1-5H3,(H2,17,18,19);1H. The SMILES string of the molecule is CCNC(=NCC(C)(C)OC)NCCN1CCCCC1C.I. The summed E-state index contributed by atoms with van der Waals surface area (Å²) in [6, 6.07) is 0.715. The zero-order valence-electron chi connectivity index (χ0n) is 14.9. The van der Waals surface area contributed by atoms with Crippen LogP contribution in [0.15, 0.2) is 4.99 Å². The van der Waals surface area contributed by atoms with E-state index in [9.17, 15) is 0 Å². The van der Waals surface area contributed by atoms with Crippen LogP contribution in [0.5, 0.6) is 0 Å². The lowest BCUT2D eigenvalue weighted by Gasteiger charge is -2.33. The monoisotopic (exact) mass is 426 g/mol. The van der Waals surface area contributed by atoms with E-state index in [1.165, 1.54) is 25.8 Å². The van der Waals surface area contributed by atoms with Crippen molar-refractivity contribution in [3.63, 3.8) is 0 Å². The molecule has 0 aromatic rings. The van der Waals surface area contributed by atoms with Crippen LogP contribution >= 0.6 is 24.0 Å². The second-order valence-electron chi connectivity index (χ2n) is 6.47. The maximum atomic E-state index is 5.41. The number of ether oxygens (including phenoxy) is 1. The van der Waals surface area contributed by atoms with Gasteiger partial charge in [-0.3, -0.25) is 9.89 Å². The molecule has 1 heterocycles. The minimum absolute atomic E-state index is 0. The summed E-state index contributed by atoms with van der Waals surface area (Å²) in [4.78, 5) is 7.18. The van der Waals surface area contributed by atoms with Crippen molar-refractivity contribution in [2.24, 2.45) is 4.99 Å². The minimum atomic E-state index is -0.219. The van der Waals surface area contributed by atoms with E-state index in [1.54, 1.807) is 7.11 Å². The summed E-state index contributed by atoms with van der Waals surface area (Å²) in [5, 5.41) is 6.72. The van der Waals surface area contributed by atoms with Crippen molar-refractivity contribution >= 4 is 29.9 Å². The van der Waals surface area contributed by atoms with Gasteiger partial charge in [0.15, 0.2) is 5.96 Å². The molecule has 1 fully saturated rings. The van der Waals surface area contributed by atoms with Crippen molar-refractivity contribution in [2.75, 3.05) is 39.8 Å². The van der Waals surface area contributed by atoms with Crippen molar-refractivity contribution in [1.29, 1.82) is 0 Å². The highest BCUT2D eigenvalue weighted by atomic mass is 127. The van der Waals surface area contributed by atoms with E-state index in [0.717, 1.165) is 25.6 Å². The van der Waals surface area contributed by atoms with Gasteiger partial charge in [0.25, 0.3) is 0 Å². The summed E-state index contributed by atoms with van der Waals surface area (Å²) < 4.78 is 5.41. The number of likely N-dealkylation sites (tertiary alicyclic amines) is 1. The normalized spacial score (nSPS) is 20.4. The van der Waals surface area contributed by atoms with Crippen LogP contribution in [0, 0.1) is 0 Å². The molecular weight excluding hydrogens is 391 g/mol.